The third-order valence-corrected chi connectivity index (χ3v) is 2.54. The van der Waals surface area contributed by atoms with E-state index in [9.17, 15) is 4.79 Å². The highest BCUT2D eigenvalue weighted by Crippen LogP contribution is 2.17. The smallest absolute Gasteiger partial charge is 0.257 e. The summed E-state index contributed by atoms with van der Waals surface area (Å²) in [5, 5.41) is 11.7. The summed E-state index contributed by atoms with van der Waals surface area (Å²) < 4.78 is 0. The molecular weight excluding hydrogens is 228 g/mol. The van der Waals surface area contributed by atoms with Gasteiger partial charge in [0, 0.05) is 32.0 Å². The molecule has 0 fully saturated rings. The van der Waals surface area contributed by atoms with E-state index in [2.05, 4.69) is 10.3 Å². The van der Waals surface area contributed by atoms with Crippen molar-refractivity contribution in [1.82, 2.24) is 9.88 Å². The zero-order valence-electron chi connectivity index (χ0n) is 11.0. The standard InChI is InChI=1S/C13H18N4O/c1-4-15-12-8-10(2)16-9-11(12)13(18)17(3)7-5-6-14/h8-9H,4-5,7H2,1-3H3,(H,15,16). The van der Waals surface area contributed by atoms with E-state index in [0.29, 0.717) is 18.5 Å². The topological polar surface area (TPSA) is 69.0 Å². The van der Waals surface area contributed by atoms with Crippen LogP contribution in [0.15, 0.2) is 12.3 Å². The van der Waals surface area contributed by atoms with Crippen LogP contribution in [0.3, 0.4) is 0 Å². The minimum absolute atomic E-state index is 0.117. The molecule has 0 bridgehead atoms. The third kappa shape index (κ3) is 3.45. The number of aromatic nitrogens is 1. The van der Waals surface area contributed by atoms with Crippen molar-refractivity contribution < 1.29 is 4.79 Å². The first-order chi connectivity index (χ1) is 8.60. The number of nitriles is 1. The number of hydrogen-bond donors (Lipinski definition) is 1. The summed E-state index contributed by atoms with van der Waals surface area (Å²) in [6.07, 6.45) is 1.91. The Kier molecular flexibility index (Phi) is 5.12. The van der Waals surface area contributed by atoms with E-state index >= 15 is 0 Å². The highest BCUT2D eigenvalue weighted by atomic mass is 16.2. The van der Waals surface area contributed by atoms with Gasteiger partial charge in [0.2, 0.25) is 0 Å². The van der Waals surface area contributed by atoms with Crippen LogP contribution in [0, 0.1) is 18.3 Å². The monoisotopic (exact) mass is 246 g/mol. The van der Waals surface area contributed by atoms with E-state index in [1.807, 2.05) is 26.0 Å². The predicted molar refractivity (Wildman–Crippen MR) is 70.3 cm³/mol. The number of hydrogen-bond acceptors (Lipinski definition) is 4. The molecule has 18 heavy (non-hydrogen) atoms. The molecule has 0 aliphatic carbocycles. The second-order valence-corrected chi connectivity index (χ2v) is 4.04. The Bertz CT molecular complexity index is 465. The molecule has 0 aromatic carbocycles. The molecule has 0 aliphatic rings. The molecule has 0 radical (unpaired) electrons. The van der Waals surface area contributed by atoms with Crippen LogP contribution in [0.1, 0.15) is 29.4 Å². The van der Waals surface area contributed by atoms with E-state index in [1.165, 1.54) is 4.90 Å². The molecule has 1 rings (SSSR count). The van der Waals surface area contributed by atoms with Crippen molar-refractivity contribution in [3.05, 3.63) is 23.5 Å². The molecule has 0 saturated heterocycles. The van der Waals surface area contributed by atoms with E-state index in [0.717, 1.165) is 17.9 Å². The van der Waals surface area contributed by atoms with Crippen LogP contribution in [0.25, 0.3) is 0 Å². The Balaban J connectivity index is 2.94. The fraction of sp³-hybridized carbons (Fsp3) is 0.462. The van der Waals surface area contributed by atoms with Crippen LogP contribution in [-0.4, -0.2) is 35.9 Å². The van der Waals surface area contributed by atoms with Gasteiger partial charge in [0.1, 0.15) is 0 Å². The van der Waals surface area contributed by atoms with E-state index in [1.54, 1.807) is 13.2 Å². The van der Waals surface area contributed by atoms with Crippen LogP contribution in [-0.2, 0) is 0 Å². The zero-order valence-corrected chi connectivity index (χ0v) is 11.0. The maximum Gasteiger partial charge on any atom is 0.257 e. The highest BCUT2D eigenvalue weighted by Gasteiger charge is 2.16. The van der Waals surface area contributed by atoms with Gasteiger partial charge in [0.15, 0.2) is 0 Å². The second kappa shape index (κ2) is 6.60. The second-order valence-electron chi connectivity index (χ2n) is 4.04. The summed E-state index contributed by atoms with van der Waals surface area (Å²) in [6.45, 7) is 5.03. The molecular formula is C13H18N4O. The summed E-state index contributed by atoms with van der Waals surface area (Å²) in [5.74, 6) is -0.117. The fourth-order valence-electron chi connectivity index (χ4n) is 1.59. The summed E-state index contributed by atoms with van der Waals surface area (Å²) in [6, 6.07) is 3.88. The molecule has 1 N–H and O–H groups in total. The number of pyridine rings is 1. The molecule has 96 valence electrons. The molecule has 0 atom stereocenters. The number of nitrogens with one attached hydrogen (secondary N) is 1. The first-order valence-corrected chi connectivity index (χ1v) is 5.93. The predicted octanol–water partition coefficient (Wildman–Crippen LogP) is 1.81. The van der Waals surface area contributed by atoms with Crippen LogP contribution in [0.2, 0.25) is 0 Å². The van der Waals surface area contributed by atoms with Crippen molar-refractivity contribution in [2.24, 2.45) is 0 Å². The molecule has 5 heteroatoms. The zero-order chi connectivity index (χ0) is 13.5. The lowest BCUT2D eigenvalue weighted by atomic mass is 10.2. The average molecular weight is 246 g/mol. The Morgan fingerprint density at radius 1 is 1.61 bits per heavy atom. The lowest BCUT2D eigenvalue weighted by Crippen LogP contribution is -2.28. The molecule has 1 amide bonds. The minimum Gasteiger partial charge on any atom is -0.385 e. The van der Waals surface area contributed by atoms with E-state index in [4.69, 9.17) is 5.26 Å². The van der Waals surface area contributed by atoms with E-state index < -0.39 is 0 Å². The number of anilines is 1. The Labute approximate surface area is 107 Å². The Morgan fingerprint density at radius 3 is 2.94 bits per heavy atom. The molecule has 0 spiro atoms. The molecule has 1 aromatic rings. The molecule has 1 aromatic heterocycles. The van der Waals surface area contributed by atoms with Gasteiger partial charge in [-0.15, -0.1) is 0 Å². The van der Waals surface area contributed by atoms with Crippen LogP contribution in [0.5, 0.6) is 0 Å². The van der Waals surface area contributed by atoms with Gasteiger partial charge < -0.3 is 10.2 Å². The van der Waals surface area contributed by atoms with Gasteiger partial charge >= 0.3 is 0 Å². The van der Waals surface area contributed by atoms with Crippen LogP contribution in [0.4, 0.5) is 5.69 Å². The normalized spacial score (nSPS) is 9.67. The van der Waals surface area contributed by atoms with Gasteiger partial charge in [-0.1, -0.05) is 0 Å². The number of amides is 1. The Hall–Kier alpha value is -2.09. The largest absolute Gasteiger partial charge is 0.385 e. The van der Waals surface area contributed by atoms with Crippen molar-refractivity contribution in [3.63, 3.8) is 0 Å². The van der Waals surface area contributed by atoms with Crippen molar-refractivity contribution in [1.29, 1.82) is 5.26 Å². The van der Waals surface area contributed by atoms with Gasteiger partial charge in [-0.25, -0.2) is 0 Å². The molecule has 5 nitrogen and oxygen atoms in total. The number of nitrogens with zero attached hydrogens (tertiary/aromatic N) is 3. The minimum atomic E-state index is -0.117. The van der Waals surface area contributed by atoms with E-state index in [-0.39, 0.29) is 5.91 Å². The lowest BCUT2D eigenvalue weighted by Gasteiger charge is -2.18. The fourth-order valence-corrected chi connectivity index (χ4v) is 1.59. The van der Waals surface area contributed by atoms with Crippen LogP contribution < -0.4 is 5.32 Å². The quantitative estimate of drug-likeness (QED) is 0.860. The van der Waals surface area contributed by atoms with Crippen molar-refractivity contribution in [2.75, 3.05) is 25.5 Å². The molecule has 0 saturated carbocycles. The van der Waals surface area contributed by atoms with Gasteiger partial charge in [0.25, 0.3) is 5.91 Å². The summed E-state index contributed by atoms with van der Waals surface area (Å²) in [4.78, 5) is 17.9. The van der Waals surface area contributed by atoms with Crippen molar-refractivity contribution >= 4 is 11.6 Å². The maximum absolute atomic E-state index is 12.2. The van der Waals surface area contributed by atoms with Crippen molar-refractivity contribution in [2.45, 2.75) is 20.3 Å². The lowest BCUT2D eigenvalue weighted by molar-refractivity contribution is 0.0798. The molecule has 0 unspecified atom stereocenters. The number of carbonyl (C=O) groups excluding carboxylic acids is 1. The summed E-state index contributed by atoms with van der Waals surface area (Å²) in [7, 11) is 1.69. The summed E-state index contributed by atoms with van der Waals surface area (Å²) in [5.41, 5.74) is 2.20. The van der Waals surface area contributed by atoms with Gasteiger partial charge in [-0.2, -0.15) is 5.26 Å². The average Bonchev–Trinajstić information content (AvgIpc) is 2.36. The van der Waals surface area contributed by atoms with Crippen molar-refractivity contribution in [3.8, 4) is 6.07 Å². The molecule has 0 aliphatic heterocycles. The maximum atomic E-state index is 12.2. The first-order valence-electron chi connectivity index (χ1n) is 5.93. The third-order valence-electron chi connectivity index (χ3n) is 2.54. The number of rotatable bonds is 5. The Morgan fingerprint density at radius 2 is 2.33 bits per heavy atom. The van der Waals surface area contributed by atoms with Gasteiger partial charge in [-0.05, 0) is 19.9 Å². The molecule has 1 heterocycles. The van der Waals surface area contributed by atoms with Gasteiger partial charge in [-0.3, -0.25) is 9.78 Å². The van der Waals surface area contributed by atoms with Gasteiger partial charge in [0.05, 0.1) is 23.7 Å². The highest BCUT2D eigenvalue weighted by molar-refractivity contribution is 5.99. The number of carbonyl (C=O) groups is 1. The van der Waals surface area contributed by atoms with Crippen LogP contribution >= 0.6 is 0 Å². The summed E-state index contributed by atoms with van der Waals surface area (Å²) >= 11 is 0. The first kappa shape index (κ1) is 14.0. The SMILES string of the molecule is CCNc1cc(C)ncc1C(=O)N(C)CCC#N. The number of aryl methyl sites for hydroxylation is 1.